The number of ether oxygens (including phenoxy) is 1. The first kappa shape index (κ1) is 22.6. The Morgan fingerprint density at radius 2 is 2.03 bits per heavy atom. The van der Waals surface area contributed by atoms with E-state index in [0.29, 0.717) is 13.0 Å². The third-order valence-electron chi connectivity index (χ3n) is 5.84. The standard InChI is InChI=1S/C22H18NO4.2Na/c1-22(2)18-13-6-4-3-5-12(13)7-8-16(18)23-10-9-17-14(19(22)23)11-15(20(24)25)21(26)27-17;;/h4-8,11,17H,9-10H2,1-2H3,(H,24,25);;/q-1;2*+1/p-1. The number of carbonyl (C=O) groups is 2. The van der Waals surface area contributed by atoms with Gasteiger partial charge in [-0.1, -0.05) is 13.8 Å². The van der Waals surface area contributed by atoms with Crippen molar-refractivity contribution in [2.24, 2.45) is 0 Å². The van der Waals surface area contributed by atoms with Crippen molar-refractivity contribution < 1.29 is 78.5 Å². The summed E-state index contributed by atoms with van der Waals surface area (Å²) in [6, 6.07) is 13.3. The van der Waals surface area contributed by atoms with Gasteiger partial charge in [-0.05, 0) is 17.7 Å². The first-order chi connectivity index (χ1) is 12.9. The fourth-order valence-corrected chi connectivity index (χ4v) is 4.79. The smallest absolute Gasteiger partial charge is 0.545 e. The molecule has 1 atom stereocenters. The summed E-state index contributed by atoms with van der Waals surface area (Å²) in [6.07, 6.45) is 1.66. The molecule has 3 heterocycles. The third kappa shape index (κ3) is 3.23. The molecule has 0 fully saturated rings. The SMILES string of the molecule is CC1(C)C2=C3C=C(C(=O)[O-])C(=O)OC3CCN2c2ccc3c[c-]ccc3c21.[Na+].[Na+]. The van der Waals surface area contributed by atoms with Gasteiger partial charge >= 0.3 is 65.1 Å². The zero-order valence-corrected chi connectivity index (χ0v) is 21.0. The summed E-state index contributed by atoms with van der Waals surface area (Å²) in [5.41, 5.74) is 3.32. The number of rotatable bonds is 1. The van der Waals surface area contributed by atoms with Crippen LogP contribution >= 0.6 is 0 Å². The van der Waals surface area contributed by atoms with Crippen molar-refractivity contribution in [2.45, 2.75) is 31.8 Å². The minimum Gasteiger partial charge on any atom is -0.545 e. The van der Waals surface area contributed by atoms with Gasteiger partial charge in [-0.2, -0.15) is 24.3 Å². The molecule has 0 bridgehead atoms. The van der Waals surface area contributed by atoms with E-state index in [1.165, 1.54) is 11.6 Å². The number of anilines is 1. The Labute approximate surface area is 213 Å². The van der Waals surface area contributed by atoms with Crippen LogP contribution in [0, 0.1) is 6.07 Å². The number of allylic oxidation sites excluding steroid dienone is 1. The summed E-state index contributed by atoms with van der Waals surface area (Å²) in [6.45, 7) is 4.98. The van der Waals surface area contributed by atoms with Crippen molar-refractivity contribution in [1.82, 2.24) is 0 Å². The molecule has 0 aromatic heterocycles. The number of carbonyl (C=O) groups excluding carboxylic acids is 2. The van der Waals surface area contributed by atoms with Crippen LogP contribution in [0.1, 0.15) is 25.8 Å². The molecule has 136 valence electrons. The van der Waals surface area contributed by atoms with Gasteiger partial charge in [0.25, 0.3) is 0 Å². The molecule has 2 aromatic carbocycles. The van der Waals surface area contributed by atoms with Gasteiger partial charge in [0.15, 0.2) is 0 Å². The number of aliphatic carboxylic acids is 1. The van der Waals surface area contributed by atoms with Crippen LogP contribution in [0.2, 0.25) is 0 Å². The number of hydrogen-bond acceptors (Lipinski definition) is 5. The van der Waals surface area contributed by atoms with E-state index in [1.807, 2.05) is 12.1 Å². The molecule has 0 aliphatic carbocycles. The number of nitrogens with zero attached hydrogens (tertiary/aromatic N) is 1. The maximum atomic E-state index is 12.0. The van der Waals surface area contributed by atoms with Crippen LogP contribution in [-0.4, -0.2) is 24.6 Å². The molecule has 0 spiro atoms. The second kappa shape index (κ2) is 7.88. The van der Waals surface area contributed by atoms with E-state index < -0.39 is 23.6 Å². The van der Waals surface area contributed by atoms with Crippen LogP contribution < -0.4 is 69.1 Å². The number of carboxylic acid groups (broad SMARTS) is 1. The maximum Gasteiger partial charge on any atom is 1.00 e. The molecule has 5 nitrogen and oxygen atoms in total. The second-order valence-corrected chi connectivity index (χ2v) is 7.72. The second-order valence-electron chi connectivity index (χ2n) is 7.72. The van der Waals surface area contributed by atoms with E-state index in [2.05, 4.69) is 43.0 Å². The molecule has 0 amide bonds. The van der Waals surface area contributed by atoms with Gasteiger partial charge < -0.3 is 19.5 Å². The van der Waals surface area contributed by atoms with Gasteiger partial charge in [0.1, 0.15) is 6.10 Å². The van der Waals surface area contributed by atoms with Crippen molar-refractivity contribution in [2.75, 3.05) is 11.4 Å². The van der Waals surface area contributed by atoms with E-state index in [-0.39, 0.29) is 64.5 Å². The van der Waals surface area contributed by atoms with Gasteiger partial charge in [-0.15, -0.1) is 16.8 Å². The van der Waals surface area contributed by atoms with Gasteiger partial charge in [-0.3, -0.25) is 0 Å². The van der Waals surface area contributed by atoms with E-state index in [9.17, 15) is 14.7 Å². The van der Waals surface area contributed by atoms with Crippen molar-refractivity contribution in [3.8, 4) is 0 Å². The summed E-state index contributed by atoms with van der Waals surface area (Å²) < 4.78 is 5.43. The number of carboxylic acids is 1. The van der Waals surface area contributed by atoms with Crippen molar-refractivity contribution >= 4 is 28.4 Å². The van der Waals surface area contributed by atoms with Crippen LogP contribution in [0.15, 0.2) is 53.3 Å². The zero-order chi connectivity index (χ0) is 18.9. The number of esters is 1. The Bertz CT molecular complexity index is 1100. The predicted molar refractivity (Wildman–Crippen MR) is 97.8 cm³/mol. The Morgan fingerprint density at radius 1 is 1.28 bits per heavy atom. The van der Waals surface area contributed by atoms with Gasteiger partial charge in [0.05, 0.1) is 11.5 Å². The third-order valence-corrected chi connectivity index (χ3v) is 5.84. The van der Waals surface area contributed by atoms with Crippen molar-refractivity contribution in [3.05, 3.63) is 64.9 Å². The van der Waals surface area contributed by atoms with E-state index in [0.717, 1.165) is 27.7 Å². The zero-order valence-electron chi connectivity index (χ0n) is 17.0. The average molecular weight is 405 g/mol. The Morgan fingerprint density at radius 3 is 2.76 bits per heavy atom. The largest absolute Gasteiger partial charge is 1.00 e. The summed E-state index contributed by atoms with van der Waals surface area (Å²) in [4.78, 5) is 25.6. The maximum absolute atomic E-state index is 12.0. The fraction of sp³-hybridized carbons (Fsp3) is 0.273. The molecule has 0 saturated heterocycles. The number of hydrogen-bond donors (Lipinski definition) is 0. The normalized spacial score (nSPS) is 21.2. The van der Waals surface area contributed by atoms with Crippen LogP contribution in [0.3, 0.4) is 0 Å². The molecule has 3 aliphatic rings. The summed E-state index contributed by atoms with van der Waals surface area (Å²) >= 11 is 0. The first-order valence-electron chi connectivity index (χ1n) is 8.99. The molecule has 1 unspecified atom stereocenters. The van der Waals surface area contributed by atoms with Crippen LogP contribution in [0.5, 0.6) is 0 Å². The quantitative estimate of drug-likeness (QED) is 0.210. The Kier molecular flexibility index (Phi) is 6.14. The summed E-state index contributed by atoms with van der Waals surface area (Å²) in [5, 5.41) is 13.6. The Hall–Kier alpha value is -1.08. The molecule has 2 aromatic rings. The van der Waals surface area contributed by atoms with Crippen molar-refractivity contribution in [1.29, 1.82) is 0 Å². The molecule has 0 radical (unpaired) electrons. The molecule has 3 aliphatic heterocycles. The average Bonchev–Trinajstić information content (AvgIpc) is 2.88. The topological polar surface area (TPSA) is 69.7 Å². The van der Waals surface area contributed by atoms with Crippen molar-refractivity contribution in [3.63, 3.8) is 0 Å². The molecule has 5 rings (SSSR count). The predicted octanol–water partition coefficient (Wildman–Crippen LogP) is -3.99. The summed E-state index contributed by atoms with van der Waals surface area (Å²) in [7, 11) is 0. The number of fused-ring (bicyclic) bond motifs is 6. The molecular formula is C22H17NNa2O4. The molecule has 29 heavy (non-hydrogen) atoms. The van der Waals surface area contributed by atoms with Crippen LogP contribution in [-0.2, 0) is 19.7 Å². The Balaban J connectivity index is 0.00000120. The minimum absolute atomic E-state index is 0. The van der Waals surface area contributed by atoms with Gasteiger partial charge in [0, 0.05) is 35.3 Å². The molecule has 0 N–H and O–H groups in total. The minimum atomic E-state index is -1.50. The van der Waals surface area contributed by atoms with Gasteiger partial charge in [0.2, 0.25) is 0 Å². The van der Waals surface area contributed by atoms with E-state index in [4.69, 9.17) is 4.74 Å². The van der Waals surface area contributed by atoms with E-state index in [1.54, 1.807) is 0 Å². The number of benzene rings is 2. The van der Waals surface area contributed by atoms with Gasteiger partial charge in [-0.25, -0.2) is 4.79 Å². The fourth-order valence-electron chi connectivity index (χ4n) is 4.79. The molecule has 7 heteroatoms. The summed E-state index contributed by atoms with van der Waals surface area (Å²) in [5.74, 6) is -2.31. The monoisotopic (exact) mass is 405 g/mol. The van der Waals surface area contributed by atoms with Crippen LogP contribution in [0.25, 0.3) is 10.8 Å². The van der Waals surface area contributed by atoms with E-state index >= 15 is 0 Å². The molecular weight excluding hydrogens is 388 g/mol. The van der Waals surface area contributed by atoms with Crippen LogP contribution in [0.4, 0.5) is 5.69 Å². The first-order valence-corrected chi connectivity index (χ1v) is 8.99. The molecule has 0 saturated carbocycles.